The second-order valence-electron chi connectivity index (χ2n) is 7.74. The zero-order chi connectivity index (χ0) is 19.6. The fraction of sp³-hybridized carbons (Fsp3) is 0.545. The number of allylic oxidation sites excluding steroid dienone is 5. The minimum Gasteiger partial charge on any atom is -0.505 e. The number of nitrogens with one attached hydrogen (secondary N) is 1. The van der Waals surface area contributed by atoms with E-state index in [9.17, 15) is 14.7 Å². The predicted molar refractivity (Wildman–Crippen MR) is 105 cm³/mol. The Labute approximate surface area is 156 Å². The molecule has 0 aromatic rings. The van der Waals surface area contributed by atoms with Crippen molar-refractivity contribution >= 4 is 11.6 Å². The van der Waals surface area contributed by atoms with E-state index in [1.807, 2.05) is 33.8 Å². The van der Waals surface area contributed by atoms with Gasteiger partial charge in [0.25, 0.3) is 0 Å². The van der Waals surface area contributed by atoms with Gasteiger partial charge < -0.3 is 10.4 Å². The number of hydrogen-bond acceptors (Lipinski definition) is 4. The van der Waals surface area contributed by atoms with Gasteiger partial charge in [-0.1, -0.05) is 44.1 Å². The molecule has 0 unspecified atom stereocenters. The van der Waals surface area contributed by atoms with Gasteiger partial charge in [-0.15, -0.1) is 0 Å². The highest BCUT2D eigenvalue weighted by Gasteiger charge is 2.46. The molecule has 0 radical (unpaired) electrons. The van der Waals surface area contributed by atoms with Crippen LogP contribution in [0.15, 0.2) is 46.4 Å². The van der Waals surface area contributed by atoms with Crippen molar-refractivity contribution < 1.29 is 14.7 Å². The van der Waals surface area contributed by atoms with Crippen LogP contribution in [0.1, 0.15) is 60.3 Å². The van der Waals surface area contributed by atoms with E-state index < -0.39 is 11.6 Å². The number of carbonyl (C=O) groups excluding carboxylic acids is 2. The molecule has 0 bridgehead atoms. The predicted octanol–water partition coefficient (Wildman–Crippen LogP) is 4.55. The summed E-state index contributed by atoms with van der Waals surface area (Å²) >= 11 is 0. The molecule has 0 saturated heterocycles. The lowest BCUT2D eigenvalue weighted by Gasteiger charge is -2.42. The molecule has 0 saturated carbocycles. The quantitative estimate of drug-likeness (QED) is 0.416. The second-order valence-corrected chi connectivity index (χ2v) is 7.74. The van der Waals surface area contributed by atoms with Crippen LogP contribution in [-0.4, -0.2) is 23.2 Å². The fourth-order valence-electron chi connectivity index (χ4n) is 3.95. The second kappa shape index (κ2) is 7.65. The molecule has 142 valence electrons. The third kappa shape index (κ3) is 3.29. The molecular weight excluding hydrogens is 326 g/mol. The maximum Gasteiger partial charge on any atom is 0.233 e. The Balaban J connectivity index is 2.72. The van der Waals surface area contributed by atoms with Crippen LogP contribution in [0.25, 0.3) is 0 Å². The monoisotopic (exact) mass is 357 g/mol. The molecule has 4 heteroatoms. The Kier molecular flexibility index (Phi) is 5.94. The van der Waals surface area contributed by atoms with E-state index in [0.29, 0.717) is 24.2 Å². The molecular formula is C22H31NO3. The molecule has 4 nitrogen and oxygen atoms in total. The number of aliphatic hydroxyl groups is 1. The Morgan fingerprint density at radius 2 is 2.00 bits per heavy atom. The fourth-order valence-corrected chi connectivity index (χ4v) is 3.95. The van der Waals surface area contributed by atoms with Crippen LogP contribution in [0, 0.1) is 11.3 Å². The molecule has 2 N–H and O–H groups in total. The summed E-state index contributed by atoms with van der Waals surface area (Å²) in [6, 6.07) is 0. The topological polar surface area (TPSA) is 66.4 Å². The maximum atomic E-state index is 13.0. The molecule has 0 aliphatic heterocycles. The SMILES string of the molecule is C=C(C)[C@]1(C)CCC(C)=C[C@H]1C1=C(O)C(NCC)=C(CCC)C(=O)C1=O. The average molecular weight is 357 g/mol. The van der Waals surface area contributed by atoms with E-state index in [-0.39, 0.29) is 22.7 Å². The zero-order valence-corrected chi connectivity index (χ0v) is 16.7. The Hall–Kier alpha value is -2.10. The molecule has 2 rings (SSSR count). The molecule has 2 atom stereocenters. The number of rotatable bonds is 6. The molecule has 0 amide bonds. The molecule has 0 aromatic carbocycles. The Morgan fingerprint density at radius 3 is 2.54 bits per heavy atom. The van der Waals surface area contributed by atoms with E-state index >= 15 is 0 Å². The highest BCUT2D eigenvalue weighted by atomic mass is 16.3. The summed E-state index contributed by atoms with van der Waals surface area (Å²) in [4.78, 5) is 25.8. The van der Waals surface area contributed by atoms with Gasteiger partial charge in [0.05, 0.1) is 11.3 Å². The lowest BCUT2D eigenvalue weighted by atomic mass is 9.61. The minimum atomic E-state index is -0.573. The van der Waals surface area contributed by atoms with E-state index in [2.05, 4.69) is 18.8 Å². The van der Waals surface area contributed by atoms with Gasteiger partial charge in [0.2, 0.25) is 11.6 Å². The van der Waals surface area contributed by atoms with E-state index in [0.717, 1.165) is 24.8 Å². The van der Waals surface area contributed by atoms with Crippen molar-refractivity contribution in [2.75, 3.05) is 6.54 Å². The summed E-state index contributed by atoms with van der Waals surface area (Å²) in [6.07, 6.45) is 5.01. The van der Waals surface area contributed by atoms with Crippen molar-refractivity contribution in [3.8, 4) is 0 Å². The van der Waals surface area contributed by atoms with Crippen molar-refractivity contribution in [1.82, 2.24) is 5.32 Å². The van der Waals surface area contributed by atoms with Gasteiger partial charge in [-0.05, 0) is 45.4 Å². The Bertz CT molecular complexity index is 738. The van der Waals surface area contributed by atoms with Crippen molar-refractivity contribution in [2.24, 2.45) is 11.3 Å². The van der Waals surface area contributed by atoms with Crippen LogP contribution in [-0.2, 0) is 9.59 Å². The zero-order valence-electron chi connectivity index (χ0n) is 16.7. The number of Topliss-reactive ketones (excluding diaryl/α,β-unsaturated/α-hetero) is 2. The van der Waals surface area contributed by atoms with Crippen LogP contribution >= 0.6 is 0 Å². The summed E-state index contributed by atoms with van der Waals surface area (Å²) in [6.45, 7) is 14.6. The van der Waals surface area contributed by atoms with Crippen LogP contribution in [0.2, 0.25) is 0 Å². The third-order valence-corrected chi connectivity index (χ3v) is 5.83. The first-order valence-electron chi connectivity index (χ1n) is 9.51. The molecule has 0 aromatic heterocycles. The van der Waals surface area contributed by atoms with E-state index in [1.54, 1.807) is 0 Å². The lowest BCUT2D eigenvalue weighted by molar-refractivity contribution is -0.133. The molecule has 0 spiro atoms. The van der Waals surface area contributed by atoms with Gasteiger partial charge in [0.15, 0.2) is 0 Å². The average Bonchev–Trinajstić information content (AvgIpc) is 2.59. The first-order valence-corrected chi connectivity index (χ1v) is 9.51. The van der Waals surface area contributed by atoms with Gasteiger partial charge in [0, 0.05) is 18.0 Å². The summed E-state index contributed by atoms with van der Waals surface area (Å²) < 4.78 is 0. The minimum absolute atomic E-state index is 0.0664. The first kappa shape index (κ1) is 20.2. The largest absolute Gasteiger partial charge is 0.505 e. The van der Waals surface area contributed by atoms with Crippen molar-refractivity contribution in [2.45, 2.75) is 60.3 Å². The molecule has 2 aliphatic rings. The van der Waals surface area contributed by atoms with E-state index in [1.165, 1.54) is 5.57 Å². The van der Waals surface area contributed by atoms with E-state index in [4.69, 9.17) is 0 Å². The van der Waals surface area contributed by atoms with Crippen molar-refractivity contribution in [1.29, 1.82) is 0 Å². The number of ketones is 2. The van der Waals surface area contributed by atoms with Crippen LogP contribution in [0.3, 0.4) is 0 Å². The van der Waals surface area contributed by atoms with Crippen molar-refractivity contribution in [3.63, 3.8) is 0 Å². The van der Waals surface area contributed by atoms with Gasteiger partial charge >= 0.3 is 0 Å². The summed E-state index contributed by atoms with van der Waals surface area (Å²) in [5.74, 6) is -1.47. The lowest BCUT2D eigenvalue weighted by Crippen LogP contribution is -2.40. The molecule has 0 heterocycles. The normalized spacial score (nSPS) is 27.0. The maximum absolute atomic E-state index is 13.0. The van der Waals surface area contributed by atoms with Crippen LogP contribution in [0.4, 0.5) is 0 Å². The number of aliphatic hydroxyl groups excluding tert-OH is 1. The smallest absolute Gasteiger partial charge is 0.233 e. The van der Waals surface area contributed by atoms with Gasteiger partial charge in [-0.3, -0.25) is 9.59 Å². The summed E-state index contributed by atoms with van der Waals surface area (Å²) in [5, 5.41) is 14.1. The van der Waals surface area contributed by atoms with Crippen molar-refractivity contribution in [3.05, 3.63) is 46.4 Å². The highest BCUT2D eigenvalue weighted by Crippen LogP contribution is 2.49. The number of likely N-dealkylation sites (N-methyl/N-ethyl adjacent to an activating group) is 1. The van der Waals surface area contributed by atoms with Crippen LogP contribution in [0.5, 0.6) is 0 Å². The first-order chi connectivity index (χ1) is 12.2. The summed E-state index contributed by atoms with van der Waals surface area (Å²) in [7, 11) is 0. The van der Waals surface area contributed by atoms with Crippen LogP contribution < -0.4 is 5.32 Å². The van der Waals surface area contributed by atoms with Gasteiger partial charge in [-0.2, -0.15) is 0 Å². The molecule has 2 aliphatic carbocycles. The number of hydrogen-bond donors (Lipinski definition) is 2. The molecule has 26 heavy (non-hydrogen) atoms. The standard InChI is InChI=1S/C22H31NO3/c1-7-9-15-18(23-8-2)20(25)17(21(26)19(15)24)16-12-14(5)10-11-22(16,6)13(3)4/h12,16,23,25H,3,7-11H2,1-2,4-6H3/t16-,22-/m0/s1. The Morgan fingerprint density at radius 1 is 1.35 bits per heavy atom. The molecule has 0 fully saturated rings. The third-order valence-electron chi connectivity index (χ3n) is 5.83. The van der Waals surface area contributed by atoms with Gasteiger partial charge in [0.1, 0.15) is 5.76 Å². The summed E-state index contributed by atoms with van der Waals surface area (Å²) in [5.41, 5.74) is 2.81. The number of carbonyl (C=O) groups is 2. The highest BCUT2D eigenvalue weighted by molar-refractivity contribution is 6.50. The van der Waals surface area contributed by atoms with Gasteiger partial charge in [-0.25, -0.2) is 0 Å².